The van der Waals surface area contributed by atoms with Crippen molar-refractivity contribution < 1.29 is 72.2 Å². The highest BCUT2D eigenvalue weighted by molar-refractivity contribution is 7.18. The molecule has 0 radical (unpaired) electrons. The van der Waals surface area contributed by atoms with E-state index in [4.69, 9.17) is 40.0 Å². The van der Waals surface area contributed by atoms with Crippen molar-refractivity contribution in [2.24, 2.45) is 41.4 Å². The Balaban J connectivity index is 0.000000164. The number of aliphatic hydroxyl groups is 1. The van der Waals surface area contributed by atoms with Crippen LogP contribution in [0, 0.1) is 41.4 Å². The molecule has 9 atom stereocenters. The van der Waals surface area contributed by atoms with Gasteiger partial charge in [-0.05, 0) is 166 Å². The van der Waals surface area contributed by atoms with E-state index in [1.807, 2.05) is 109 Å². The monoisotopic (exact) mass is 1430 g/mol. The molecule has 0 bridgehead atoms. The first-order chi connectivity index (χ1) is 47.7. The van der Waals surface area contributed by atoms with Gasteiger partial charge in [-0.15, -0.1) is 34.0 Å². The summed E-state index contributed by atoms with van der Waals surface area (Å²) in [7, 11) is 2.77. The fourth-order valence-electron chi connectivity index (χ4n) is 14.4. The zero-order chi connectivity index (χ0) is 70.7. The van der Waals surface area contributed by atoms with Crippen LogP contribution in [0.15, 0.2) is 109 Å². The molecule has 2 amide bonds. The summed E-state index contributed by atoms with van der Waals surface area (Å²) in [6.07, 6.45) is 11.0. The molecule has 6 fully saturated rings. The molecule has 3 aromatic heterocycles. The lowest BCUT2D eigenvalue weighted by Crippen LogP contribution is -2.51. The number of halogens is 1. The molecule has 6 heterocycles. The number of esters is 3. The normalized spacial score (nSPS) is 23.5. The highest BCUT2D eigenvalue weighted by Gasteiger charge is 2.44. The largest absolute Gasteiger partial charge is 0.477 e. The van der Waals surface area contributed by atoms with Gasteiger partial charge in [-0.3, -0.25) is 19.2 Å². The molecule has 3 aliphatic heterocycles. The summed E-state index contributed by atoms with van der Waals surface area (Å²) in [5.74, 6) is -1.23. The number of hydrogen-bond donors (Lipinski definition) is 3. The molecule has 18 nitrogen and oxygen atoms in total. The van der Waals surface area contributed by atoms with Crippen molar-refractivity contribution in [2.75, 3.05) is 69.0 Å². The van der Waals surface area contributed by atoms with Crippen LogP contribution < -0.4 is 15.1 Å². The van der Waals surface area contributed by atoms with Crippen molar-refractivity contribution in [1.29, 1.82) is 0 Å². The van der Waals surface area contributed by atoms with Crippen LogP contribution in [0.4, 0.5) is 17.1 Å². The summed E-state index contributed by atoms with van der Waals surface area (Å²) in [6, 6.07) is 35.4. The Morgan fingerprint density at radius 3 is 1.36 bits per heavy atom. The van der Waals surface area contributed by atoms with Gasteiger partial charge in [0.1, 0.15) is 20.7 Å². The first-order valence-corrected chi connectivity index (χ1v) is 37.7. The second-order valence-electron chi connectivity index (χ2n) is 27.1. The predicted molar refractivity (Wildman–Crippen MR) is 390 cm³/mol. The molecule has 534 valence electrons. The van der Waals surface area contributed by atoms with Crippen LogP contribution in [-0.2, 0) is 47.6 Å². The van der Waals surface area contributed by atoms with Gasteiger partial charge in [-0.2, -0.15) is 0 Å². The van der Waals surface area contributed by atoms with Gasteiger partial charge in [0.15, 0.2) is 0 Å². The number of ether oxygens (including phenoxy) is 6. The molecule has 12 rings (SSSR count). The molecule has 2 unspecified atom stereocenters. The molecule has 3 saturated carbocycles. The third-order valence-corrected chi connectivity index (χ3v) is 23.5. The summed E-state index contributed by atoms with van der Waals surface area (Å²) < 4.78 is 32.1. The quantitative estimate of drug-likeness (QED) is 0.0464. The van der Waals surface area contributed by atoms with Gasteiger partial charge in [-0.1, -0.05) is 119 Å². The summed E-state index contributed by atoms with van der Waals surface area (Å²) in [4.78, 5) is 95.3. The number of carbonyl (C=O) groups excluding carboxylic acids is 6. The second kappa shape index (κ2) is 37.2. The van der Waals surface area contributed by atoms with E-state index in [1.165, 1.54) is 55.2 Å². The zero-order valence-corrected chi connectivity index (χ0v) is 61.1. The van der Waals surface area contributed by atoms with Gasteiger partial charge in [0.25, 0.3) is 0 Å². The number of thiophene rings is 3. The molecule has 3 aliphatic carbocycles. The van der Waals surface area contributed by atoms with Gasteiger partial charge in [0.05, 0.1) is 49.2 Å². The fraction of sp³-hybridized carbons (Fsp3) is 0.519. The van der Waals surface area contributed by atoms with Crippen LogP contribution in [0.3, 0.4) is 0 Å². The molecule has 22 heteroatoms. The highest BCUT2D eigenvalue weighted by atomic mass is 35.5. The maximum Gasteiger partial charge on any atom is 0.350 e. The second-order valence-corrected chi connectivity index (χ2v) is 30.6. The summed E-state index contributed by atoms with van der Waals surface area (Å²) in [6.45, 7) is 13.7. The van der Waals surface area contributed by atoms with E-state index in [2.05, 4.69) is 33.0 Å². The first kappa shape index (κ1) is 76.4. The van der Waals surface area contributed by atoms with Crippen molar-refractivity contribution in [3.63, 3.8) is 0 Å². The molecule has 6 aliphatic rings. The van der Waals surface area contributed by atoms with Gasteiger partial charge in [-0.25, -0.2) is 14.4 Å². The Kier molecular flexibility index (Phi) is 28.7. The van der Waals surface area contributed by atoms with Crippen LogP contribution in [-0.4, -0.2) is 135 Å². The summed E-state index contributed by atoms with van der Waals surface area (Å²) >= 11 is 9.45. The number of methoxy groups -OCH3 is 2. The van der Waals surface area contributed by atoms with Gasteiger partial charge in [0.2, 0.25) is 17.1 Å². The molecular weight excluding hydrogens is 1340 g/mol. The van der Waals surface area contributed by atoms with Crippen molar-refractivity contribution in [2.45, 2.75) is 161 Å². The molecule has 3 N–H and O–H groups in total. The van der Waals surface area contributed by atoms with E-state index in [0.717, 1.165) is 101 Å². The van der Waals surface area contributed by atoms with Crippen LogP contribution in [0.5, 0.6) is 0 Å². The van der Waals surface area contributed by atoms with Crippen molar-refractivity contribution >= 4 is 104 Å². The van der Waals surface area contributed by atoms with E-state index in [1.54, 1.807) is 9.80 Å². The average Bonchev–Trinajstić information content (AvgIpc) is 1.71. The molecule has 3 aromatic carbocycles. The van der Waals surface area contributed by atoms with E-state index < -0.39 is 36.0 Å². The van der Waals surface area contributed by atoms with Crippen molar-refractivity contribution in [3.8, 4) is 31.3 Å². The molecular formula is C77H96ClN3O15S3. The number of carboxylic acid groups (broad SMARTS) is 1. The number of carboxylic acids is 1. The Labute approximate surface area is 599 Å². The lowest BCUT2D eigenvalue weighted by atomic mass is 9.76. The van der Waals surface area contributed by atoms with Crippen LogP contribution in [0.25, 0.3) is 31.3 Å². The first-order valence-electron chi connectivity index (χ1n) is 34.9. The predicted octanol–water partition coefficient (Wildman–Crippen LogP) is 16.1. The molecule has 99 heavy (non-hydrogen) atoms. The smallest absolute Gasteiger partial charge is 0.350 e. The van der Waals surface area contributed by atoms with Crippen LogP contribution >= 0.6 is 45.6 Å². The van der Waals surface area contributed by atoms with Gasteiger partial charge < -0.3 is 53.8 Å². The van der Waals surface area contributed by atoms with E-state index in [-0.39, 0.29) is 51.9 Å². The maximum absolute atomic E-state index is 14.3. The van der Waals surface area contributed by atoms with E-state index in [9.17, 15) is 43.8 Å². The summed E-state index contributed by atoms with van der Waals surface area (Å²) in [5, 5.41) is 24.0. The van der Waals surface area contributed by atoms with Crippen molar-refractivity contribution in [1.82, 2.24) is 0 Å². The number of benzene rings is 3. The van der Waals surface area contributed by atoms with Crippen molar-refractivity contribution in [3.05, 3.63) is 124 Å². The zero-order valence-electron chi connectivity index (χ0n) is 57.9. The van der Waals surface area contributed by atoms with Crippen LogP contribution in [0.2, 0.25) is 0 Å². The van der Waals surface area contributed by atoms with E-state index >= 15 is 0 Å². The van der Waals surface area contributed by atoms with Crippen LogP contribution in [0.1, 0.15) is 160 Å². The topological polar surface area (TPSA) is 234 Å². The number of anilines is 3. The minimum atomic E-state index is -1.04. The third-order valence-electron chi connectivity index (χ3n) is 19.8. The lowest BCUT2D eigenvalue weighted by Gasteiger charge is -2.40. The van der Waals surface area contributed by atoms with Gasteiger partial charge >= 0.3 is 23.9 Å². The summed E-state index contributed by atoms with van der Waals surface area (Å²) in [5.41, 5.74) is 4.88. The SMILES string of the molecule is COC(=O)c1sc(-c2ccccc2)cc1N(C(=O)C1CC[C@@H](C)C[C@@H]1OC(C)=O)C1CCOCC1.COC(=O)c1sc(-c2ccccc2)cc1NC1CCOCC1.C[C@@H]1CCC(C(=O)N(c2cc(-c3ccccc3)sc2C(=O)O)C2CCOCC2)[C@@H](O)C1.C[C@@H]1CC[C@@H](C(=O)Cl)[C@@H](C)C1. The molecule has 3 saturated heterocycles. The number of rotatable bonds is 16. The number of nitrogens with one attached hydrogen (secondary N) is 1. The number of aliphatic hydroxyl groups excluding tert-OH is 1. The number of nitrogens with zero attached hydrogens (tertiary/aromatic N) is 2. The Bertz CT molecular complexity index is 3620. The van der Waals surface area contributed by atoms with Gasteiger partial charge in [0, 0.05) is 85.2 Å². The number of carbonyl (C=O) groups is 7. The van der Waals surface area contributed by atoms with E-state index in [0.29, 0.717) is 123 Å². The maximum atomic E-state index is 14.3. The fourth-order valence-corrected chi connectivity index (χ4v) is 17.8. The highest BCUT2D eigenvalue weighted by Crippen LogP contribution is 2.45. The lowest BCUT2D eigenvalue weighted by molar-refractivity contribution is -0.154. The Morgan fingerprint density at radius 2 is 0.909 bits per heavy atom. The number of hydrogen-bond acceptors (Lipinski definition) is 18. The average molecular weight is 1440 g/mol. The molecule has 6 aromatic rings. The minimum Gasteiger partial charge on any atom is -0.477 e. The third kappa shape index (κ3) is 20.5. The Morgan fingerprint density at radius 1 is 0.505 bits per heavy atom. The molecule has 0 spiro atoms. The Hall–Kier alpha value is -6.82. The standard InChI is InChI=1S/C27H33NO6S.C24H29NO5S.C17H19NO3S.C9H15ClO/c1-17-9-10-21(23(15-17)34-18(2)29)26(30)28(20-11-13-33-14-12-20)22-16-24(19-7-5-4-6-8-19)35-25(22)27(31)32-3;1-15-7-8-18(20(26)13-15)23(27)25(17-9-11-30-12-10-17)19-14-21(31-22(19)24(28)29)16-5-3-2-4-6-16;1-20-17(19)16-14(18-13-7-9-21-10-8-13)11-15(22-16)12-5-3-2-4-6-12;1-6-3-4-8(9(10)11)7(2)5-6/h4-8,16-17,20-21,23H,9-15H2,1-3H3;2-6,14-15,17-18,20,26H,7-13H2,1H3,(H,28,29);2-6,11,13,18H,7-10H2,1H3;6-8H,3-5H2,1-2H3/t17-,21?,23+;15-,18?,20+;;6-,7+,8-/m11.1/s1. The minimum absolute atomic E-state index is 0.0994. The number of amides is 2. The number of aromatic carboxylic acids is 1.